The molecule has 0 spiro atoms. The predicted molar refractivity (Wildman–Crippen MR) is 60.7 cm³/mol. The molecule has 4 heteroatoms. The van der Waals surface area contributed by atoms with E-state index in [1.54, 1.807) is 11.3 Å². The highest BCUT2D eigenvalue weighted by atomic mass is 79.9. The molecule has 0 aliphatic carbocycles. The van der Waals surface area contributed by atoms with Crippen LogP contribution in [0.1, 0.15) is 17.7 Å². The number of rotatable bonds is 5. The Morgan fingerprint density at radius 1 is 1.62 bits per heavy atom. The first-order valence-electron chi connectivity index (χ1n) is 4.03. The Morgan fingerprint density at radius 3 is 2.92 bits per heavy atom. The van der Waals surface area contributed by atoms with Crippen molar-refractivity contribution in [3.63, 3.8) is 0 Å². The highest BCUT2D eigenvalue weighted by Gasteiger charge is 2.07. The Hall–Kier alpha value is 0.140. The summed E-state index contributed by atoms with van der Waals surface area (Å²) in [5, 5.41) is 1.98. The molecule has 0 bridgehead atoms. The number of halogens is 2. The topological polar surface area (TPSA) is 17.1 Å². The Bertz CT molecular complexity index is 285. The van der Waals surface area contributed by atoms with Crippen molar-refractivity contribution in [1.82, 2.24) is 0 Å². The molecule has 0 saturated heterocycles. The molecule has 0 N–H and O–H groups in total. The Labute approximate surface area is 95.2 Å². The average Bonchev–Trinajstić information content (AvgIpc) is 2.48. The minimum Gasteiger partial charge on any atom is -0.299 e. The van der Waals surface area contributed by atoms with E-state index >= 15 is 0 Å². The van der Waals surface area contributed by atoms with Crippen molar-refractivity contribution in [1.29, 1.82) is 0 Å². The third-order valence-electron chi connectivity index (χ3n) is 1.64. The summed E-state index contributed by atoms with van der Waals surface area (Å²) in [4.78, 5) is 12.5. The average molecular weight is 282 g/mol. The van der Waals surface area contributed by atoms with Crippen LogP contribution in [-0.2, 0) is 11.2 Å². The van der Waals surface area contributed by atoms with Crippen molar-refractivity contribution in [2.45, 2.75) is 19.3 Å². The molecule has 0 aliphatic rings. The molecule has 1 aromatic rings. The number of carbonyl (C=O) groups is 1. The van der Waals surface area contributed by atoms with Gasteiger partial charge in [0.1, 0.15) is 5.78 Å². The first-order chi connectivity index (χ1) is 6.24. The van der Waals surface area contributed by atoms with Crippen molar-refractivity contribution in [2.24, 2.45) is 0 Å². The zero-order valence-corrected chi connectivity index (χ0v) is 10.2. The number of hydrogen-bond acceptors (Lipinski definition) is 2. The second kappa shape index (κ2) is 5.78. The molecule has 0 saturated carbocycles. The smallest absolute Gasteiger partial charge is 0.138 e. The van der Waals surface area contributed by atoms with Crippen molar-refractivity contribution < 1.29 is 4.79 Å². The predicted octanol–water partition coefficient (Wildman–Crippen LogP) is 3.64. The van der Waals surface area contributed by atoms with Gasteiger partial charge in [-0.15, -0.1) is 22.9 Å². The van der Waals surface area contributed by atoms with Crippen molar-refractivity contribution >= 4 is 44.7 Å². The van der Waals surface area contributed by atoms with E-state index in [1.165, 1.54) is 0 Å². The van der Waals surface area contributed by atoms with Gasteiger partial charge in [0.2, 0.25) is 0 Å². The van der Waals surface area contributed by atoms with E-state index < -0.39 is 0 Å². The summed E-state index contributed by atoms with van der Waals surface area (Å²) in [7, 11) is 0. The summed E-state index contributed by atoms with van der Waals surface area (Å²) in [5.41, 5.74) is 0. The van der Waals surface area contributed by atoms with Gasteiger partial charge in [0, 0.05) is 28.1 Å². The standard InChI is InChI=1S/C9H10BrClOS/c10-8-3-5-13-9(8)6-7(12)2-1-4-11/h3,5H,1-2,4,6H2. The largest absolute Gasteiger partial charge is 0.299 e. The summed E-state index contributed by atoms with van der Waals surface area (Å²) >= 11 is 10.5. The maximum atomic E-state index is 11.3. The van der Waals surface area contributed by atoms with Crippen LogP contribution in [0, 0.1) is 0 Å². The fourth-order valence-electron chi connectivity index (χ4n) is 0.983. The maximum absolute atomic E-state index is 11.3. The van der Waals surface area contributed by atoms with Crippen LogP contribution < -0.4 is 0 Å². The molecule has 13 heavy (non-hydrogen) atoms. The second-order valence-corrected chi connectivity index (χ2v) is 4.93. The van der Waals surface area contributed by atoms with E-state index in [0.717, 1.165) is 15.8 Å². The molecule has 1 rings (SSSR count). The molecular weight excluding hydrogens is 272 g/mol. The third kappa shape index (κ3) is 3.79. The summed E-state index contributed by atoms with van der Waals surface area (Å²) in [6, 6.07) is 1.97. The van der Waals surface area contributed by atoms with Gasteiger partial charge in [0.15, 0.2) is 0 Å². The van der Waals surface area contributed by atoms with Crippen molar-refractivity contribution in [3.8, 4) is 0 Å². The molecule has 1 aromatic heterocycles. The minimum atomic E-state index is 0.267. The summed E-state index contributed by atoms with van der Waals surface area (Å²) in [5.74, 6) is 0.834. The number of ketones is 1. The molecule has 0 radical (unpaired) electrons. The highest BCUT2D eigenvalue weighted by Crippen LogP contribution is 2.23. The van der Waals surface area contributed by atoms with Gasteiger partial charge in [-0.25, -0.2) is 0 Å². The first kappa shape index (κ1) is 11.2. The lowest BCUT2D eigenvalue weighted by Gasteiger charge is -1.97. The van der Waals surface area contributed by atoms with Crippen LogP contribution in [0.5, 0.6) is 0 Å². The lowest BCUT2D eigenvalue weighted by Crippen LogP contribution is -2.01. The van der Waals surface area contributed by atoms with E-state index in [4.69, 9.17) is 11.6 Å². The molecule has 0 aromatic carbocycles. The summed E-state index contributed by atoms with van der Waals surface area (Å²) < 4.78 is 1.04. The third-order valence-corrected chi connectivity index (χ3v) is 3.83. The lowest BCUT2D eigenvalue weighted by molar-refractivity contribution is -0.118. The van der Waals surface area contributed by atoms with Crippen LogP contribution in [0.25, 0.3) is 0 Å². The van der Waals surface area contributed by atoms with Crippen LogP contribution in [-0.4, -0.2) is 11.7 Å². The second-order valence-electron chi connectivity index (χ2n) is 2.70. The van der Waals surface area contributed by atoms with E-state index in [1.807, 2.05) is 11.4 Å². The van der Waals surface area contributed by atoms with Gasteiger partial charge in [0.05, 0.1) is 0 Å². The number of carbonyl (C=O) groups excluding carboxylic acids is 1. The molecule has 0 fully saturated rings. The van der Waals surface area contributed by atoms with Crippen LogP contribution in [0.15, 0.2) is 15.9 Å². The van der Waals surface area contributed by atoms with Crippen LogP contribution in [0.2, 0.25) is 0 Å². The van der Waals surface area contributed by atoms with Gasteiger partial charge >= 0.3 is 0 Å². The monoisotopic (exact) mass is 280 g/mol. The molecule has 1 nitrogen and oxygen atoms in total. The van der Waals surface area contributed by atoms with Crippen LogP contribution in [0.3, 0.4) is 0 Å². The molecule has 0 atom stereocenters. The van der Waals surface area contributed by atoms with Gasteiger partial charge < -0.3 is 0 Å². The molecule has 0 unspecified atom stereocenters. The van der Waals surface area contributed by atoms with Gasteiger partial charge in [-0.1, -0.05) is 0 Å². The van der Waals surface area contributed by atoms with Crippen molar-refractivity contribution in [2.75, 3.05) is 5.88 Å². The van der Waals surface area contributed by atoms with Crippen LogP contribution in [0.4, 0.5) is 0 Å². The number of alkyl halides is 1. The first-order valence-corrected chi connectivity index (χ1v) is 6.24. The zero-order valence-electron chi connectivity index (χ0n) is 7.06. The van der Waals surface area contributed by atoms with Gasteiger partial charge in [-0.05, 0) is 33.8 Å². The molecule has 0 amide bonds. The SMILES string of the molecule is O=C(CCCCl)Cc1sccc1Br. The zero-order chi connectivity index (χ0) is 9.68. The Morgan fingerprint density at radius 2 is 2.38 bits per heavy atom. The van der Waals surface area contributed by atoms with Gasteiger partial charge in [-0.3, -0.25) is 4.79 Å². The van der Waals surface area contributed by atoms with Gasteiger partial charge in [0.25, 0.3) is 0 Å². The summed E-state index contributed by atoms with van der Waals surface area (Å²) in [6.07, 6.45) is 1.91. The molecule has 1 heterocycles. The molecular formula is C9H10BrClOS. The quantitative estimate of drug-likeness (QED) is 0.753. The maximum Gasteiger partial charge on any atom is 0.138 e. The molecule has 0 aliphatic heterocycles. The lowest BCUT2D eigenvalue weighted by atomic mass is 10.1. The van der Waals surface area contributed by atoms with E-state index in [9.17, 15) is 4.79 Å². The minimum absolute atomic E-state index is 0.267. The van der Waals surface area contributed by atoms with E-state index in [2.05, 4.69) is 15.9 Å². The normalized spacial score (nSPS) is 10.3. The number of thiophene rings is 1. The molecule has 72 valence electrons. The number of hydrogen-bond donors (Lipinski definition) is 0. The highest BCUT2D eigenvalue weighted by molar-refractivity contribution is 9.10. The van der Waals surface area contributed by atoms with E-state index in [0.29, 0.717) is 18.7 Å². The van der Waals surface area contributed by atoms with Crippen molar-refractivity contribution in [3.05, 3.63) is 20.8 Å². The fourth-order valence-corrected chi connectivity index (χ4v) is 2.64. The fraction of sp³-hybridized carbons (Fsp3) is 0.444. The Balaban J connectivity index is 2.41. The van der Waals surface area contributed by atoms with Crippen LogP contribution >= 0.6 is 38.9 Å². The van der Waals surface area contributed by atoms with E-state index in [-0.39, 0.29) is 5.78 Å². The number of Topliss-reactive ketones (excluding diaryl/α,β-unsaturated/α-hetero) is 1. The Kier molecular flexibility index (Phi) is 4.99. The van der Waals surface area contributed by atoms with Gasteiger partial charge in [-0.2, -0.15) is 0 Å². The summed E-state index contributed by atoms with van der Waals surface area (Å²) in [6.45, 7) is 0.